The van der Waals surface area contributed by atoms with Gasteiger partial charge in [-0.3, -0.25) is 9.59 Å². The Hall–Kier alpha value is -2.72. The molecule has 10 heteroatoms. The van der Waals surface area contributed by atoms with Crippen molar-refractivity contribution >= 4 is 34.4 Å². The van der Waals surface area contributed by atoms with Crippen LogP contribution in [0.1, 0.15) is 63.9 Å². The van der Waals surface area contributed by atoms with Crippen molar-refractivity contribution in [3.63, 3.8) is 0 Å². The molecule has 0 bridgehead atoms. The van der Waals surface area contributed by atoms with E-state index < -0.39 is 23.2 Å². The lowest BCUT2D eigenvalue weighted by molar-refractivity contribution is -0.131. The average Bonchev–Trinajstić information content (AvgIpc) is 3.15. The van der Waals surface area contributed by atoms with Gasteiger partial charge in [0.15, 0.2) is 5.13 Å². The quantitative estimate of drug-likeness (QED) is 0.387. The van der Waals surface area contributed by atoms with Crippen molar-refractivity contribution in [2.45, 2.75) is 71.5 Å². The first-order chi connectivity index (χ1) is 16.5. The first kappa shape index (κ1) is 28.5. The number of unbranched alkanes of at least 4 members (excludes halogenated alkanes) is 2. The molecular formula is C25H38N4O5S. The number of hydrogen-bond donors (Lipinski definition) is 3. The Bertz CT molecular complexity index is 950. The van der Waals surface area contributed by atoms with Crippen LogP contribution < -0.4 is 16.0 Å². The molecule has 0 saturated heterocycles. The van der Waals surface area contributed by atoms with Gasteiger partial charge in [-0.1, -0.05) is 49.3 Å². The van der Waals surface area contributed by atoms with Gasteiger partial charge < -0.3 is 25.4 Å². The molecule has 1 aliphatic carbocycles. The molecule has 2 rings (SSSR count). The summed E-state index contributed by atoms with van der Waals surface area (Å²) >= 11 is 1.31. The lowest BCUT2D eigenvalue weighted by atomic mass is 9.81. The third kappa shape index (κ3) is 8.17. The molecule has 1 aliphatic rings. The van der Waals surface area contributed by atoms with Crippen molar-refractivity contribution in [2.75, 3.05) is 25.5 Å². The number of ether oxygens (including phenoxy) is 2. The molecule has 35 heavy (non-hydrogen) atoms. The molecule has 0 fully saturated rings. The zero-order valence-electron chi connectivity index (χ0n) is 21.5. The molecule has 2 atom stereocenters. The second kappa shape index (κ2) is 12.8. The number of nitrogens with one attached hydrogen (secondary N) is 3. The number of amides is 3. The Kier molecular flexibility index (Phi) is 10.5. The molecule has 1 heterocycles. The number of nitrogens with zero attached hydrogens (tertiary/aromatic N) is 1. The van der Waals surface area contributed by atoms with E-state index in [-0.39, 0.29) is 24.9 Å². The number of hydrogen-bond acceptors (Lipinski definition) is 7. The van der Waals surface area contributed by atoms with Gasteiger partial charge in [-0.2, -0.15) is 0 Å². The molecule has 9 nitrogen and oxygen atoms in total. The summed E-state index contributed by atoms with van der Waals surface area (Å²) in [6.45, 7) is 9.73. The minimum Gasteiger partial charge on any atom is -0.444 e. The summed E-state index contributed by atoms with van der Waals surface area (Å²) in [6.07, 6.45) is 10.0. The topological polar surface area (TPSA) is 119 Å². The molecule has 0 aliphatic heterocycles. The van der Waals surface area contributed by atoms with E-state index in [1.165, 1.54) is 11.3 Å². The van der Waals surface area contributed by atoms with Crippen LogP contribution in [0.25, 0.3) is 0 Å². The standard InChI is InChI=1S/C25H38N4O5S/c1-7-8-9-13-19(30)29-22-28-17(2)20(35-22)25(33-6)14-11-10-12-18(25)21(31)26-15-16-27-23(32)34-24(3,4)5/h10-12,14,18H,7-9,13,15-16H2,1-6H3,(H,26,31)(H,27,32)(H,28,29,30). The zero-order chi connectivity index (χ0) is 26.1. The third-order valence-electron chi connectivity index (χ3n) is 5.34. The highest BCUT2D eigenvalue weighted by Gasteiger charge is 2.45. The molecule has 0 saturated carbocycles. The molecule has 0 aromatic carbocycles. The van der Waals surface area contributed by atoms with Gasteiger partial charge in [-0.15, -0.1) is 0 Å². The minimum absolute atomic E-state index is 0.0731. The number of carbonyl (C=O) groups is 3. The van der Waals surface area contributed by atoms with E-state index in [1.807, 2.05) is 19.1 Å². The molecule has 0 spiro atoms. The van der Waals surface area contributed by atoms with Crippen molar-refractivity contribution in [2.24, 2.45) is 5.92 Å². The van der Waals surface area contributed by atoms with E-state index in [2.05, 4.69) is 27.9 Å². The van der Waals surface area contributed by atoms with Crippen molar-refractivity contribution in [1.29, 1.82) is 0 Å². The number of rotatable bonds is 11. The van der Waals surface area contributed by atoms with Gasteiger partial charge in [0.05, 0.1) is 16.5 Å². The maximum atomic E-state index is 13.2. The first-order valence-corrected chi connectivity index (χ1v) is 12.8. The Morgan fingerprint density at radius 1 is 1.14 bits per heavy atom. The lowest BCUT2D eigenvalue weighted by Gasteiger charge is -2.36. The number of aryl methyl sites for hydroxylation is 1. The lowest BCUT2D eigenvalue weighted by Crippen LogP contribution is -2.46. The minimum atomic E-state index is -1.07. The molecular weight excluding hydrogens is 468 g/mol. The molecule has 3 N–H and O–H groups in total. The molecule has 194 valence electrons. The largest absolute Gasteiger partial charge is 0.444 e. The summed E-state index contributed by atoms with van der Waals surface area (Å²) in [6, 6.07) is 0. The molecule has 1 aromatic heterocycles. The van der Waals surface area contributed by atoms with Crippen molar-refractivity contribution in [3.05, 3.63) is 34.9 Å². The number of allylic oxidation sites excluding steroid dienone is 2. The van der Waals surface area contributed by atoms with Crippen LogP contribution in [0.3, 0.4) is 0 Å². The summed E-state index contributed by atoms with van der Waals surface area (Å²) in [7, 11) is 1.55. The molecule has 2 unspecified atom stereocenters. The molecule has 0 radical (unpaired) electrons. The summed E-state index contributed by atoms with van der Waals surface area (Å²) < 4.78 is 11.1. The summed E-state index contributed by atoms with van der Waals surface area (Å²) in [4.78, 5) is 42.5. The van der Waals surface area contributed by atoms with Gasteiger partial charge >= 0.3 is 6.09 Å². The van der Waals surface area contributed by atoms with Gasteiger partial charge in [0.25, 0.3) is 0 Å². The molecule has 3 amide bonds. The van der Waals surface area contributed by atoms with Crippen LogP contribution >= 0.6 is 11.3 Å². The van der Waals surface area contributed by atoms with Gasteiger partial charge in [-0.25, -0.2) is 9.78 Å². The second-order valence-corrected chi connectivity index (χ2v) is 10.4. The Morgan fingerprint density at radius 2 is 1.86 bits per heavy atom. The first-order valence-electron chi connectivity index (χ1n) is 12.0. The van der Waals surface area contributed by atoms with E-state index in [0.29, 0.717) is 17.2 Å². The average molecular weight is 507 g/mol. The van der Waals surface area contributed by atoms with Crippen LogP contribution in [0.5, 0.6) is 0 Å². The van der Waals surface area contributed by atoms with Crippen molar-refractivity contribution < 1.29 is 23.9 Å². The highest BCUT2D eigenvalue weighted by Crippen LogP contribution is 2.43. The van der Waals surface area contributed by atoms with Gasteiger partial charge in [0, 0.05) is 26.6 Å². The van der Waals surface area contributed by atoms with Crippen LogP contribution in [-0.4, -0.2) is 48.7 Å². The van der Waals surface area contributed by atoms with E-state index in [0.717, 1.165) is 24.1 Å². The normalized spacial score (nSPS) is 19.3. The van der Waals surface area contributed by atoms with Crippen LogP contribution in [0, 0.1) is 12.8 Å². The SMILES string of the molecule is CCCCCC(=O)Nc1nc(C)c(C2(OC)C=CC=CC2C(=O)NCCNC(=O)OC(C)(C)C)s1. The van der Waals surface area contributed by atoms with Crippen LogP contribution in [0.4, 0.5) is 9.93 Å². The van der Waals surface area contributed by atoms with Crippen LogP contribution in [0.15, 0.2) is 24.3 Å². The van der Waals surface area contributed by atoms with Crippen molar-refractivity contribution in [1.82, 2.24) is 15.6 Å². The highest BCUT2D eigenvalue weighted by atomic mass is 32.1. The Morgan fingerprint density at radius 3 is 2.51 bits per heavy atom. The van der Waals surface area contributed by atoms with E-state index in [4.69, 9.17) is 9.47 Å². The monoisotopic (exact) mass is 506 g/mol. The fraction of sp³-hybridized carbons (Fsp3) is 0.600. The van der Waals surface area contributed by atoms with Gasteiger partial charge in [0.1, 0.15) is 11.2 Å². The van der Waals surface area contributed by atoms with Crippen molar-refractivity contribution in [3.8, 4) is 0 Å². The van der Waals surface area contributed by atoms with E-state index >= 15 is 0 Å². The predicted molar refractivity (Wildman–Crippen MR) is 137 cm³/mol. The third-order valence-corrected chi connectivity index (χ3v) is 6.54. The summed E-state index contributed by atoms with van der Waals surface area (Å²) in [5.41, 5.74) is -0.972. The number of carbonyl (C=O) groups excluding carboxylic acids is 3. The fourth-order valence-electron chi connectivity index (χ4n) is 3.71. The van der Waals surface area contributed by atoms with Crippen LogP contribution in [-0.2, 0) is 24.7 Å². The van der Waals surface area contributed by atoms with E-state index in [1.54, 1.807) is 40.0 Å². The predicted octanol–water partition coefficient (Wildman–Crippen LogP) is 4.20. The number of aromatic nitrogens is 1. The second-order valence-electron chi connectivity index (χ2n) is 9.38. The molecule has 1 aromatic rings. The van der Waals surface area contributed by atoms with Crippen LogP contribution in [0.2, 0.25) is 0 Å². The highest BCUT2D eigenvalue weighted by molar-refractivity contribution is 7.16. The fourth-order valence-corrected chi connectivity index (χ4v) is 4.88. The van der Waals surface area contributed by atoms with E-state index in [9.17, 15) is 14.4 Å². The number of alkyl carbamates (subject to hydrolysis) is 1. The summed E-state index contributed by atoms with van der Waals surface area (Å²) in [5, 5.41) is 8.84. The maximum Gasteiger partial charge on any atom is 0.407 e. The Balaban J connectivity index is 2.08. The zero-order valence-corrected chi connectivity index (χ0v) is 22.3. The van der Waals surface area contributed by atoms with Gasteiger partial charge in [-0.05, 0) is 40.2 Å². The summed E-state index contributed by atoms with van der Waals surface area (Å²) in [5.74, 6) is -0.987. The number of methoxy groups -OCH3 is 1. The smallest absolute Gasteiger partial charge is 0.407 e. The maximum absolute atomic E-state index is 13.2. The number of thiazole rings is 1. The van der Waals surface area contributed by atoms with Gasteiger partial charge in [0.2, 0.25) is 11.8 Å². The number of anilines is 1. The Labute approximate surface area is 211 Å².